The Morgan fingerprint density at radius 1 is 0.727 bits per heavy atom. The molecule has 0 spiro atoms. The van der Waals surface area contributed by atoms with Crippen LogP contribution in [0.15, 0.2) is 0 Å². The molecule has 0 saturated carbocycles. The zero-order valence-electron chi connectivity index (χ0n) is 15.6. The first-order chi connectivity index (χ1) is 10.1. The molecule has 0 aromatic heterocycles. The summed E-state index contributed by atoms with van der Waals surface area (Å²) in [5.41, 5.74) is 0. The fraction of sp³-hybridized carbons (Fsp3) is 0.944. The molecule has 0 aliphatic heterocycles. The van der Waals surface area contributed by atoms with Gasteiger partial charge in [-0.15, -0.1) is 0 Å². The van der Waals surface area contributed by atoms with Crippen LogP contribution in [0.3, 0.4) is 0 Å². The van der Waals surface area contributed by atoms with Gasteiger partial charge >= 0.3 is 29.6 Å². The van der Waals surface area contributed by atoms with Crippen LogP contribution >= 0.6 is 0 Å². The number of ether oxygens (including phenoxy) is 1. The van der Waals surface area contributed by atoms with Gasteiger partial charge in [-0.2, -0.15) is 0 Å². The summed E-state index contributed by atoms with van der Waals surface area (Å²) in [6, 6.07) is 0. The molecule has 0 rings (SSSR count). The van der Waals surface area contributed by atoms with Gasteiger partial charge in [-0.1, -0.05) is 78.1 Å². The second-order valence-corrected chi connectivity index (χ2v) is 5.64. The van der Waals surface area contributed by atoms with Gasteiger partial charge < -0.3 is 14.6 Å². The second kappa shape index (κ2) is 26.3. The summed E-state index contributed by atoms with van der Waals surface area (Å²) >= 11 is 0. The van der Waals surface area contributed by atoms with Crippen LogP contribution in [0.1, 0.15) is 97.8 Å². The number of carboxylic acids is 1. The van der Waals surface area contributed by atoms with Gasteiger partial charge in [-0.25, -0.2) is 0 Å². The number of unbranched alkanes of at least 4 members (excludes halogenated alkanes) is 10. The fourth-order valence-electron chi connectivity index (χ4n) is 2.07. The third kappa shape index (κ3) is 37.0. The van der Waals surface area contributed by atoms with Crippen molar-refractivity contribution in [2.75, 3.05) is 13.2 Å². The summed E-state index contributed by atoms with van der Waals surface area (Å²) in [6.07, 6.45) is 16.3. The average Bonchev–Trinajstić information content (AvgIpc) is 2.43. The van der Waals surface area contributed by atoms with Crippen LogP contribution in [0.25, 0.3) is 0 Å². The predicted molar refractivity (Wildman–Crippen MR) is 88.3 cm³/mol. The molecule has 128 valence electrons. The van der Waals surface area contributed by atoms with E-state index in [4.69, 9.17) is 14.6 Å². The van der Waals surface area contributed by atoms with E-state index in [1.54, 1.807) is 0 Å². The molecule has 0 fully saturated rings. The molecule has 0 saturated heterocycles. The minimum absolute atomic E-state index is 0. The third-order valence-electron chi connectivity index (χ3n) is 3.28. The first-order valence-electron chi connectivity index (χ1n) is 8.90. The summed E-state index contributed by atoms with van der Waals surface area (Å²) < 4.78 is 5.65. The molecule has 22 heavy (non-hydrogen) atoms. The van der Waals surface area contributed by atoms with Gasteiger partial charge in [0.15, 0.2) is 0 Å². The Bertz CT molecular complexity index is 181. The van der Waals surface area contributed by atoms with Gasteiger partial charge in [0.1, 0.15) is 0 Å². The molecule has 0 radical (unpaired) electrons. The second-order valence-electron chi connectivity index (χ2n) is 5.64. The van der Waals surface area contributed by atoms with Crippen LogP contribution in [-0.4, -0.2) is 19.2 Å². The summed E-state index contributed by atoms with van der Waals surface area (Å²) in [7, 11) is 0. The van der Waals surface area contributed by atoms with Gasteiger partial charge in [0.2, 0.25) is 0 Å². The Balaban J connectivity index is -0.000000640. The minimum Gasteiger partial charge on any atom is -0.550 e. The first kappa shape index (κ1) is 27.3. The molecule has 0 heterocycles. The predicted octanol–water partition coefficient (Wildman–Crippen LogP) is 1.48. The molecule has 0 aromatic carbocycles. The molecule has 4 heteroatoms. The number of hydrogen-bond acceptors (Lipinski definition) is 3. The molecule has 3 nitrogen and oxygen atoms in total. The SMILES string of the molecule is CC(=O)[O-].CCCCCCCCOCCCCCCCC.[Na+]. The Labute approximate surface area is 160 Å². The van der Waals surface area contributed by atoms with Gasteiger partial charge in [-0.05, 0) is 19.8 Å². The number of hydrogen-bond donors (Lipinski definition) is 0. The molecule has 0 atom stereocenters. The van der Waals surface area contributed by atoms with Crippen molar-refractivity contribution in [3.05, 3.63) is 0 Å². The first-order valence-corrected chi connectivity index (χ1v) is 8.90. The van der Waals surface area contributed by atoms with Crippen molar-refractivity contribution in [3.63, 3.8) is 0 Å². The molecule has 0 amide bonds. The van der Waals surface area contributed by atoms with Crippen LogP contribution < -0.4 is 34.7 Å². The van der Waals surface area contributed by atoms with Crippen LogP contribution in [0.5, 0.6) is 0 Å². The van der Waals surface area contributed by atoms with Gasteiger partial charge in [0.25, 0.3) is 0 Å². The monoisotopic (exact) mass is 324 g/mol. The van der Waals surface area contributed by atoms with Crippen molar-refractivity contribution >= 4 is 5.97 Å². The van der Waals surface area contributed by atoms with Crippen LogP contribution in [0.2, 0.25) is 0 Å². The minimum atomic E-state index is -1.08. The summed E-state index contributed by atoms with van der Waals surface area (Å²) in [5.74, 6) is -1.08. The molecular weight excluding hydrogens is 287 g/mol. The molecule has 0 bridgehead atoms. The van der Waals surface area contributed by atoms with E-state index < -0.39 is 5.97 Å². The van der Waals surface area contributed by atoms with Crippen LogP contribution in [0, 0.1) is 0 Å². The van der Waals surface area contributed by atoms with E-state index in [0.29, 0.717) is 0 Å². The number of aliphatic carboxylic acids is 1. The van der Waals surface area contributed by atoms with E-state index in [9.17, 15) is 0 Å². The van der Waals surface area contributed by atoms with Gasteiger partial charge in [0, 0.05) is 19.2 Å². The zero-order chi connectivity index (χ0) is 16.2. The van der Waals surface area contributed by atoms with E-state index >= 15 is 0 Å². The average molecular weight is 324 g/mol. The van der Waals surface area contributed by atoms with Crippen LogP contribution in [-0.2, 0) is 9.53 Å². The number of rotatable bonds is 14. The van der Waals surface area contributed by atoms with Crippen molar-refractivity contribution in [2.45, 2.75) is 97.8 Å². The molecular formula is C18H37NaO3. The van der Waals surface area contributed by atoms with Crippen molar-refractivity contribution in [3.8, 4) is 0 Å². The van der Waals surface area contributed by atoms with Crippen molar-refractivity contribution in [1.82, 2.24) is 0 Å². The molecule has 0 aliphatic rings. The van der Waals surface area contributed by atoms with E-state index in [1.165, 1.54) is 77.0 Å². The summed E-state index contributed by atoms with van der Waals surface area (Å²) in [6.45, 7) is 7.48. The van der Waals surface area contributed by atoms with E-state index in [1.807, 2.05) is 0 Å². The molecule has 0 aromatic rings. The fourth-order valence-corrected chi connectivity index (χ4v) is 2.07. The topological polar surface area (TPSA) is 49.4 Å². The Hall–Kier alpha value is 0.430. The van der Waals surface area contributed by atoms with E-state index in [-0.39, 0.29) is 29.6 Å². The third-order valence-corrected chi connectivity index (χ3v) is 3.28. The van der Waals surface area contributed by atoms with Gasteiger partial charge in [-0.3, -0.25) is 0 Å². The zero-order valence-corrected chi connectivity index (χ0v) is 17.6. The van der Waals surface area contributed by atoms with Crippen molar-refractivity contribution < 1.29 is 44.2 Å². The van der Waals surface area contributed by atoms with E-state index in [2.05, 4.69) is 13.8 Å². The Morgan fingerprint density at radius 3 is 1.32 bits per heavy atom. The summed E-state index contributed by atoms with van der Waals surface area (Å²) in [4.78, 5) is 8.89. The smallest absolute Gasteiger partial charge is 0.550 e. The number of carboxylic acid groups (broad SMARTS) is 1. The molecule has 0 N–H and O–H groups in total. The Morgan fingerprint density at radius 2 is 1.00 bits per heavy atom. The van der Waals surface area contributed by atoms with Crippen molar-refractivity contribution in [1.29, 1.82) is 0 Å². The molecule has 0 unspecified atom stereocenters. The van der Waals surface area contributed by atoms with E-state index in [0.717, 1.165) is 20.1 Å². The maximum absolute atomic E-state index is 8.89. The summed E-state index contributed by atoms with van der Waals surface area (Å²) in [5, 5.41) is 8.89. The van der Waals surface area contributed by atoms with Gasteiger partial charge in [0.05, 0.1) is 0 Å². The number of carbonyl (C=O) groups excluding carboxylic acids is 1. The maximum Gasteiger partial charge on any atom is 1.00 e. The standard InChI is InChI=1S/C16H34O.C2H4O2.Na/c1-3-5-7-9-11-13-15-17-16-14-12-10-8-6-4-2;1-2(3)4;/h3-16H2,1-2H3;1H3,(H,3,4);/q;;+1/p-1. The Kier molecular flexibility index (Phi) is 32.7. The molecule has 0 aliphatic carbocycles. The van der Waals surface area contributed by atoms with Crippen molar-refractivity contribution in [2.24, 2.45) is 0 Å². The largest absolute Gasteiger partial charge is 1.00 e. The maximum atomic E-state index is 8.89. The number of carbonyl (C=O) groups is 1. The quantitative estimate of drug-likeness (QED) is 0.359. The van der Waals surface area contributed by atoms with Crippen LogP contribution in [0.4, 0.5) is 0 Å². The normalized spacial score (nSPS) is 9.59.